The minimum atomic E-state index is -0.369. The summed E-state index contributed by atoms with van der Waals surface area (Å²) in [4.78, 5) is 16.7. The fraction of sp³-hybridized carbons (Fsp3) is 0.571. The van der Waals surface area contributed by atoms with E-state index in [4.69, 9.17) is 0 Å². The number of hydrogen-bond donors (Lipinski definition) is 0. The molecule has 0 N–H and O–H groups in total. The number of aryl methyl sites for hydroxylation is 1. The van der Waals surface area contributed by atoms with Gasteiger partial charge in [0.05, 0.1) is 0 Å². The molecule has 1 aromatic rings. The van der Waals surface area contributed by atoms with Crippen molar-refractivity contribution in [3.05, 3.63) is 28.1 Å². The largest absolute Gasteiger partial charge is 0.292 e. The number of carbonyl (C=O) groups is 1. The summed E-state index contributed by atoms with van der Waals surface area (Å²) in [6.07, 6.45) is 0. The molecule has 0 aliphatic heterocycles. The maximum Gasteiger partial charge on any atom is 0.186 e. The lowest BCUT2D eigenvalue weighted by atomic mass is 9.86. The summed E-state index contributed by atoms with van der Waals surface area (Å²) < 4.78 is 0. The molecule has 0 spiro atoms. The van der Waals surface area contributed by atoms with Gasteiger partial charge in [0, 0.05) is 11.1 Å². The summed E-state index contributed by atoms with van der Waals surface area (Å²) >= 11 is 0. The zero-order valence-electron chi connectivity index (χ0n) is 11.4. The molecule has 0 aliphatic carbocycles. The van der Waals surface area contributed by atoms with Crippen molar-refractivity contribution in [2.24, 2.45) is 5.41 Å². The van der Waals surface area contributed by atoms with E-state index in [1.54, 1.807) is 0 Å². The second-order valence-electron chi connectivity index (χ2n) is 5.50. The molecule has 2 nitrogen and oxygen atoms in total. The molecule has 1 heterocycles. The van der Waals surface area contributed by atoms with Crippen molar-refractivity contribution in [3.63, 3.8) is 0 Å². The topological polar surface area (TPSA) is 30.0 Å². The van der Waals surface area contributed by atoms with Crippen LogP contribution in [0, 0.1) is 33.1 Å². The van der Waals surface area contributed by atoms with Crippen LogP contribution in [-0.2, 0) is 0 Å². The highest BCUT2D eigenvalue weighted by Gasteiger charge is 2.26. The standard InChI is InChI=1S/C14H21NO/c1-8-9(2)11(4)15-12(10(8)3)13(16)14(5,6)7/h1-7H3. The molecule has 0 saturated heterocycles. The molecule has 0 unspecified atom stereocenters. The molecule has 1 rings (SSSR count). The maximum atomic E-state index is 12.2. The van der Waals surface area contributed by atoms with Crippen LogP contribution in [0.2, 0.25) is 0 Å². The third kappa shape index (κ3) is 2.16. The Kier molecular flexibility index (Phi) is 3.22. The predicted molar refractivity (Wildman–Crippen MR) is 67.0 cm³/mol. The monoisotopic (exact) mass is 219 g/mol. The van der Waals surface area contributed by atoms with Gasteiger partial charge >= 0.3 is 0 Å². The lowest BCUT2D eigenvalue weighted by Crippen LogP contribution is -2.23. The lowest BCUT2D eigenvalue weighted by molar-refractivity contribution is 0.0852. The first kappa shape index (κ1) is 12.9. The molecule has 2 heteroatoms. The van der Waals surface area contributed by atoms with Gasteiger partial charge < -0.3 is 0 Å². The normalized spacial score (nSPS) is 11.7. The highest BCUT2D eigenvalue weighted by molar-refractivity contribution is 5.99. The van der Waals surface area contributed by atoms with Crippen molar-refractivity contribution in [2.45, 2.75) is 48.5 Å². The van der Waals surface area contributed by atoms with Crippen LogP contribution in [0.15, 0.2) is 0 Å². The molecule has 0 atom stereocenters. The summed E-state index contributed by atoms with van der Waals surface area (Å²) in [6.45, 7) is 13.8. The fourth-order valence-electron chi connectivity index (χ4n) is 1.64. The number of hydrogen-bond acceptors (Lipinski definition) is 2. The Bertz CT molecular complexity index is 439. The zero-order chi connectivity index (χ0) is 12.7. The van der Waals surface area contributed by atoms with E-state index in [-0.39, 0.29) is 11.2 Å². The van der Waals surface area contributed by atoms with E-state index >= 15 is 0 Å². The first-order valence-electron chi connectivity index (χ1n) is 5.65. The molecule has 16 heavy (non-hydrogen) atoms. The fourth-order valence-corrected chi connectivity index (χ4v) is 1.64. The molecule has 0 bridgehead atoms. The first-order chi connectivity index (χ1) is 7.16. The van der Waals surface area contributed by atoms with Crippen LogP contribution in [0.4, 0.5) is 0 Å². The molecule has 0 radical (unpaired) electrons. The summed E-state index contributed by atoms with van der Waals surface area (Å²) in [6, 6.07) is 0. The number of rotatable bonds is 1. The van der Waals surface area contributed by atoms with Crippen molar-refractivity contribution in [1.82, 2.24) is 4.98 Å². The lowest BCUT2D eigenvalue weighted by Gasteiger charge is -2.19. The summed E-state index contributed by atoms with van der Waals surface area (Å²) in [7, 11) is 0. The Morgan fingerprint density at radius 2 is 1.44 bits per heavy atom. The Morgan fingerprint density at radius 3 is 1.88 bits per heavy atom. The van der Waals surface area contributed by atoms with Crippen molar-refractivity contribution in [1.29, 1.82) is 0 Å². The van der Waals surface area contributed by atoms with Gasteiger partial charge in [-0.1, -0.05) is 20.8 Å². The van der Waals surface area contributed by atoms with Crippen LogP contribution in [0.3, 0.4) is 0 Å². The molecular formula is C14H21NO. The third-order valence-electron chi connectivity index (χ3n) is 3.20. The number of nitrogens with zero attached hydrogens (tertiary/aromatic N) is 1. The summed E-state index contributed by atoms with van der Waals surface area (Å²) in [5.74, 6) is 0.121. The SMILES string of the molecule is Cc1nc(C(=O)C(C)(C)C)c(C)c(C)c1C. The van der Waals surface area contributed by atoms with Gasteiger partial charge in [0.2, 0.25) is 0 Å². The molecule has 0 aliphatic rings. The molecule has 0 amide bonds. The van der Waals surface area contributed by atoms with Crippen LogP contribution in [0.5, 0.6) is 0 Å². The van der Waals surface area contributed by atoms with Gasteiger partial charge in [-0.15, -0.1) is 0 Å². The predicted octanol–water partition coefficient (Wildman–Crippen LogP) is 3.54. The molecule has 0 saturated carbocycles. The van der Waals surface area contributed by atoms with E-state index in [0.717, 1.165) is 11.3 Å². The van der Waals surface area contributed by atoms with Crippen molar-refractivity contribution < 1.29 is 4.79 Å². The average molecular weight is 219 g/mol. The maximum absolute atomic E-state index is 12.2. The van der Waals surface area contributed by atoms with Crippen molar-refractivity contribution in [3.8, 4) is 0 Å². The number of ketones is 1. The third-order valence-corrected chi connectivity index (χ3v) is 3.20. The van der Waals surface area contributed by atoms with Gasteiger partial charge in [-0.2, -0.15) is 0 Å². The van der Waals surface area contributed by atoms with Crippen LogP contribution < -0.4 is 0 Å². The summed E-state index contributed by atoms with van der Waals surface area (Å²) in [5.41, 5.74) is 4.60. The van der Waals surface area contributed by atoms with Gasteiger partial charge in [0.1, 0.15) is 5.69 Å². The van der Waals surface area contributed by atoms with E-state index in [2.05, 4.69) is 18.8 Å². The molecule has 0 fully saturated rings. The van der Waals surface area contributed by atoms with E-state index in [1.165, 1.54) is 11.1 Å². The number of Topliss-reactive ketones (excluding diaryl/α,β-unsaturated/α-hetero) is 1. The van der Waals surface area contributed by atoms with Gasteiger partial charge in [0.25, 0.3) is 0 Å². The molecule has 0 aromatic carbocycles. The highest BCUT2D eigenvalue weighted by Crippen LogP contribution is 2.25. The summed E-state index contributed by atoms with van der Waals surface area (Å²) in [5, 5.41) is 0. The number of pyridine rings is 1. The number of carbonyl (C=O) groups excluding carboxylic acids is 1. The van der Waals surface area contributed by atoms with Gasteiger partial charge in [0.15, 0.2) is 5.78 Å². The molecule has 1 aromatic heterocycles. The van der Waals surface area contributed by atoms with E-state index in [0.29, 0.717) is 5.69 Å². The molecular weight excluding hydrogens is 198 g/mol. The van der Waals surface area contributed by atoms with Gasteiger partial charge in [-0.05, 0) is 44.4 Å². The Balaban J connectivity index is 3.43. The molecule has 88 valence electrons. The Morgan fingerprint density at radius 1 is 0.938 bits per heavy atom. The van der Waals surface area contributed by atoms with E-state index in [1.807, 2.05) is 34.6 Å². The van der Waals surface area contributed by atoms with E-state index in [9.17, 15) is 4.79 Å². The van der Waals surface area contributed by atoms with Crippen molar-refractivity contribution >= 4 is 5.78 Å². The minimum Gasteiger partial charge on any atom is -0.292 e. The number of aromatic nitrogens is 1. The van der Waals surface area contributed by atoms with Gasteiger partial charge in [-0.25, -0.2) is 4.98 Å². The Hall–Kier alpha value is -1.18. The average Bonchev–Trinajstić information content (AvgIpc) is 2.18. The van der Waals surface area contributed by atoms with Crippen LogP contribution in [-0.4, -0.2) is 10.8 Å². The quantitative estimate of drug-likeness (QED) is 0.676. The zero-order valence-corrected chi connectivity index (χ0v) is 11.4. The van der Waals surface area contributed by atoms with Crippen LogP contribution in [0.25, 0.3) is 0 Å². The van der Waals surface area contributed by atoms with E-state index < -0.39 is 0 Å². The van der Waals surface area contributed by atoms with Crippen LogP contribution in [0.1, 0.15) is 53.6 Å². The first-order valence-corrected chi connectivity index (χ1v) is 5.65. The van der Waals surface area contributed by atoms with Crippen LogP contribution >= 0.6 is 0 Å². The van der Waals surface area contributed by atoms with Crippen molar-refractivity contribution in [2.75, 3.05) is 0 Å². The second-order valence-corrected chi connectivity index (χ2v) is 5.50. The highest BCUT2D eigenvalue weighted by atomic mass is 16.1. The second kappa shape index (κ2) is 4.00. The smallest absolute Gasteiger partial charge is 0.186 e. The minimum absolute atomic E-state index is 0.121. The van der Waals surface area contributed by atoms with Gasteiger partial charge in [-0.3, -0.25) is 4.79 Å². The Labute approximate surface area is 98.1 Å².